The predicted octanol–water partition coefficient (Wildman–Crippen LogP) is 2.53. The number of benzene rings is 1. The number of carbonyl (C=O) groups is 5. The van der Waals surface area contributed by atoms with Crippen molar-refractivity contribution in [2.75, 3.05) is 21.1 Å². The second-order valence-corrected chi connectivity index (χ2v) is 15.0. The van der Waals surface area contributed by atoms with Crippen molar-refractivity contribution in [3.05, 3.63) is 28.3 Å². The molecule has 4 rings (SSSR count). The summed E-state index contributed by atoms with van der Waals surface area (Å²) in [5, 5.41) is 22.7. The Morgan fingerprint density at radius 3 is 2.11 bits per heavy atom. The second kappa shape index (κ2) is 11.0. The number of aromatic hydroxyl groups is 1. The predicted molar refractivity (Wildman–Crippen MR) is 156 cm³/mol. The third kappa shape index (κ3) is 5.61. The number of likely N-dealkylation sites (N-methyl/N-ethyl adjacent to an activating group) is 1. The van der Waals surface area contributed by atoms with Crippen molar-refractivity contribution < 1.29 is 47.4 Å². The Kier molecular flexibility index (Phi) is 8.47. The van der Waals surface area contributed by atoms with E-state index in [-0.39, 0.29) is 23.9 Å². The van der Waals surface area contributed by atoms with Gasteiger partial charge in [0.1, 0.15) is 5.75 Å². The van der Waals surface area contributed by atoms with Crippen molar-refractivity contribution in [2.45, 2.75) is 83.8 Å². The molecule has 2 fully saturated rings. The molecule has 0 radical (unpaired) electrons. The van der Waals surface area contributed by atoms with Crippen LogP contribution in [-0.2, 0) is 38.3 Å². The van der Waals surface area contributed by atoms with Crippen molar-refractivity contribution >= 4 is 29.0 Å². The molecule has 6 atom stereocenters. The van der Waals surface area contributed by atoms with Gasteiger partial charge in [-0.05, 0) is 82.8 Å². The van der Waals surface area contributed by atoms with Crippen molar-refractivity contribution in [1.29, 1.82) is 0 Å². The Labute approximate surface area is 260 Å². The standard InChI is InChI=1S/C32H42F3N3O7/c1-29(2,3)13-30(4,5)38(8)12-15-11-18(39)20-16(22(15)32(33,34)35)9-14-10-17-23(37(6)7)25(41)21(28(36)44)27(43)31(17,45)26(42)19(14)24(20)40/h11,14,17,19,21,23,39,45H,9-10,12-13H2,1-8H3,(H2,36,44)/t14-,17-,19?,21?,23-,31-/m0/s1. The number of alkyl halides is 3. The summed E-state index contributed by atoms with van der Waals surface area (Å²) in [7, 11) is 4.54. The van der Waals surface area contributed by atoms with E-state index in [0.717, 1.165) is 6.07 Å². The van der Waals surface area contributed by atoms with Crippen LogP contribution < -0.4 is 5.73 Å². The average molecular weight is 638 g/mol. The molecule has 3 aliphatic carbocycles. The van der Waals surface area contributed by atoms with E-state index in [9.17, 15) is 47.4 Å². The molecule has 0 bridgehead atoms. The number of nitrogens with zero attached hydrogens (tertiary/aromatic N) is 2. The van der Waals surface area contributed by atoms with Crippen LogP contribution in [0.5, 0.6) is 5.75 Å². The zero-order chi connectivity index (χ0) is 34.4. The smallest absolute Gasteiger partial charge is 0.417 e. The minimum absolute atomic E-state index is 0.136. The number of Topliss-reactive ketones (excluding diaryl/α,β-unsaturated/α-hetero) is 4. The summed E-state index contributed by atoms with van der Waals surface area (Å²) in [5.41, 5.74) is -0.802. The molecule has 0 aliphatic heterocycles. The lowest BCUT2D eigenvalue weighted by atomic mass is 9.52. The minimum Gasteiger partial charge on any atom is -0.507 e. The van der Waals surface area contributed by atoms with Crippen LogP contribution in [0.25, 0.3) is 0 Å². The SMILES string of the molecule is CN(C)[C@@H]1C(=O)C(C(N)=O)C(=O)[C@@]2(O)C(=O)C3C(=O)c4c(O)cc(CN(C)C(C)(C)CC(C)(C)C)c(C(F)(F)F)c4C[C@H]3C[C@@H]12. The first-order valence-corrected chi connectivity index (χ1v) is 14.9. The first-order valence-electron chi connectivity index (χ1n) is 14.9. The van der Waals surface area contributed by atoms with E-state index in [1.165, 1.54) is 19.0 Å². The molecule has 3 aliphatic rings. The quantitative estimate of drug-likeness (QED) is 0.399. The number of halogens is 3. The number of aliphatic hydroxyl groups is 1. The van der Waals surface area contributed by atoms with Crippen molar-refractivity contribution in [1.82, 2.24) is 9.80 Å². The van der Waals surface area contributed by atoms with E-state index in [4.69, 9.17) is 5.73 Å². The molecular weight excluding hydrogens is 595 g/mol. The summed E-state index contributed by atoms with van der Waals surface area (Å²) in [4.78, 5) is 69.6. The number of ketones is 4. The number of phenols is 1. The number of carbonyl (C=O) groups excluding carboxylic acids is 5. The Morgan fingerprint density at radius 2 is 1.62 bits per heavy atom. The number of hydrogen-bond acceptors (Lipinski definition) is 9. The summed E-state index contributed by atoms with van der Waals surface area (Å²) in [6.07, 6.45) is -5.11. The van der Waals surface area contributed by atoms with Crippen LogP contribution in [0.15, 0.2) is 6.07 Å². The first-order chi connectivity index (χ1) is 20.4. The molecule has 0 spiro atoms. The van der Waals surface area contributed by atoms with Gasteiger partial charge in [0.2, 0.25) is 5.91 Å². The fourth-order valence-electron chi connectivity index (χ4n) is 8.12. The van der Waals surface area contributed by atoms with Crippen LogP contribution in [0.1, 0.15) is 74.5 Å². The lowest BCUT2D eigenvalue weighted by Gasteiger charge is -2.52. The Balaban J connectivity index is 1.86. The molecule has 45 heavy (non-hydrogen) atoms. The van der Waals surface area contributed by atoms with E-state index in [2.05, 4.69) is 0 Å². The van der Waals surface area contributed by atoms with Crippen molar-refractivity contribution in [3.63, 3.8) is 0 Å². The normalized spacial score (nSPS) is 29.2. The molecular formula is C32H42F3N3O7. The Morgan fingerprint density at radius 1 is 1.04 bits per heavy atom. The van der Waals surface area contributed by atoms with Gasteiger partial charge in [-0.3, -0.25) is 33.8 Å². The molecule has 1 amide bonds. The molecule has 0 aromatic heterocycles. The summed E-state index contributed by atoms with van der Waals surface area (Å²) in [6.45, 7) is 9.66. The van der Waals surface area contributed by atoms with Crippen molar-refractivity contribution in [3.8, 4) is 5.75 Å². The number of phenolic OH excluding ortho intramolecular Hbond substituents is 1. The monoisotopic (exact) mass is 637 g/mol. The molecule has 2 saturated carbocycles. The fraction of sp³-hybridized carbons (Fsp3) is 0.656. The van der Waals surface area contributed by atoms with Gasteiger partial charge in [0.25, 0.3) is 0 Å². The molecule has 1 aromatic rings. The van der Waals surface area contributed by atoms with Crippen LogP contribution in [-0.4, -0.2) is 87.4 Å². The lowest BCUT2D eigenvalue weighted by molar-refractivity contribution is -0.181. The molecule has 0 saturated heterocycles. The van der Waals surface area contributed by atoms with Gasteiger partial charge in [-0.15, -0.1) is 0 Å². The van der Waals surface area contributed by atoms with Gasteiger partial charge in [0.05, 0.1) is 23.1 Å². The van der Waals surface area contributed by atoms with Gasteiger partial charge < -0.3 is 15.9 Å². The van der Waals surface area contributed by atoms with Crippen molar-refractivity contribution in [2.24, 2.45) is 34.8 Å². The molecule has 4 N–H and O–H groups in total. The van der Waals surface area contributed by atoms with Crippen LogP contribution in [0.2, 0.25) is 0 Å². The van der Waals surface area contributed by atoms with Gasteiger partial charge in [0.15, 0.2) is 34.7 Å². The maximum absolute atomic E-state index is 14.9. The maximum atomic E-state index is 14.9. The minimum atomic E-state index is -4.94. The first kappa shape index (κ1) is 34.7. The second-order valence-electron chi connectivity index (χ2n) is 15.0. The zero-order valence-electron chi connectivity index (χ0n) is 26.8. The highest BCUT2D eigenvalue weighted by Crippen LogP contribution is 2.53. The number of nitrogens with two attached hydrogens (primary N) is 1. The van der Waals surface area contributed by atoms with Gasteiger partial charge in [0, 0.05) is 18.0 Å². The largest absolute Gasteiger partial charge is 0.507 e. The van der Waals surface area contributed by atoms with Gasteiger partial charge in [-0.25, -0.2) is 0 Å². The van der Waals surface area contributed by atoms with Crippen LogP contribution >= 0.6 is 0 Å². The molecule has 248 valence electrons. The summed E-state index contributed by atoms with van der Waals surface area (Å²) < 4.78 is 44.6. The van der Waals surface area contributed by atoms with E-state index >= 15 is 0 Å². The summed E-state index contributed by atoms with van der Waals surface area (Å²) in [5.74, 6) is -13.4. The van der Waals surface area contributed by atoms with Crippen LogP contribution in [0, 0.1) is 29.1 Å². The summed E-state index contributed by atoms with van der Waals surface area (Å²) >= 11 is 0. The third-order valence-corrected chi connectivity index (χ3v) is 9.83. The van der Waals surface area contributed by atoms with Crippen LogP contribution in [0.4, 0.5) is 13.2 Å². The van der Waals surface area contributed by atoms with E-state index in [0.29, 0.717) is 6.42 Å². The average Bonchev–Trinajstić information content (AvgIpc) is 2.83. The number of rotatable bonds is 6. The Hall–Kier alpha value is -3.16. The van der Waals surface area contributed by atoms with Gasteiger partial charge >= 0.3 is 6.18 Å². The number of amides is 1. The lowest BCUT2D eigenvalue weighted by Crippen LogP contribution is -2.74. The molecule has 1 aromatic carbocycles. The third-order valence-electron chi connectivity index (χ3n) is 9.83. The molecule has 2 unspecified atom stereocenters. The van der Waals surface area contributed by atoms with Crippen LogP contribution in [0.3, 0.4) is 0 Å². The Bertz CT molecular complexity index is 1480. The molecule has 13 heteroatoms. The highest BCUT2D eigenvalue weighted by molar-refractivity contribution is 6.32. The van der Waals surface area contributed by atoms with E-state index in [1.807, 2.05) is 34.6 Å². The molecule has 0 heterocycles. The van der Waals surface area contributed by atoms with E-state index in [1.54, 1.807) is 11.9 Å². The highest BCUT2D eigenvalue weighted by atomic mass is 19.4. The summed E-state index contributed by atoms with van der Waals surface area (Å²) in [6, 6.07) is -0.462. The van der Waals surface area contributed by atoms with Gasteiger partial charge in [-0.1, -0.05) is 20.8 Å². The topological polar surface area (TPSA) is 158 Å². The number of hydrogen-bond donors (Lipinski definition) is 3. The molecule has 10 nitrogen and oxygen atoms in total. The van der Waals surface area contributed by atoms with E-state index < -0.39 is 105 Å². The number of primary amides is 1. The number of fused-ring (bicyclic) bond motifs is 3. The van der Waals surface area contributed by atoms with Gasteiger partial charge in [-0.2, -0.15) is 13.2 Å². The maximum Gasteiger partial charge on any atom is 0.417 e. The highest BCUT2D eigenvalue weighted by Gasteiger charge is 2.69. The fourth-order valence-corrected chi connectivity index (χ4v) is 8.12. The zero-order valence-corrected chi connectivity index (χ0v) is 26.8.